The fraction of sp³-hybridized carbons (Fsp3) is 0.455. The Balaban J connectivity index is 2.45. The van der Waals surface area contributed by atoms with Crippen LogP contribution in [0.15, 0.2) is 12.1 Å². The van der Waals surface area contributed by atoms with Crippen LogP contribution in [0.5, 0.6) is 5.75 Å². The van der Waals surface area contributed by atoms with Gasteiger partial charge in [-0.3, -0.25) is 0 Å². The predicted molar refractivity (Wildman–Crippen MR) is 52.4 cm³/mol. The molecule has 0 spiro atoms. The number of benzene rings is 1. The van der Waals surface area contributed by atoms with Gasteiger partial charge in [-0.05, 0) is 30.2 Å². The lowest BCUT2D eigenvalue weighted by molar-refractivity contribution is -0.184. The maximum atomic E-state index is 13.5. The van der Waals surface area contributed by atoms with E-state index in [1.54, 1.807) is 13.0 Å². The molecule has 1 heterocycles. The van der Waals surface area contributed by atoms with E-state index >= 15 is 0 Å². The number of ether oxygens (including phenoxy) is 2. The number of rotatable bonds is 2. The molecule has 0 atom stereocenters. The van der Waals surface area contributed by atoms with Crippen LogP contribution in [0.3, 0.4) is 0 Å². The summed E-state index contributed by atoms with van der Waals surface area (Å²) in [7, 11) is 1.41. The van der Waals surface area contributed by atoms with Gasteiger partial charge < -0.3 is 14.6 Å². The van der Waals surface area contributed by atoms with Crippen molar-refractivity contribution in [1.82, 2.24) is 0 Å². The molecule has 2 rings (SSSR count). The number of halogens is 1. The van der Waals surface area contributed by atoms with E-state index in [4.69, 9.17) is 9.47 Å². The van der Waals surface area contributed by atoms with Crippen LogP contribution in [0, 0.1) is 12.7 Å². The number of aryl methyl sites for hydroxylation is 1. The Labute approximate surface area is 87.4 Å². The van der Waals surface area contributed by atoms with Crippen LogP contribution < -0.4 is 4.74 Å². The molecule has 1 aliphatic heterocycles. The molecule has 1 fully saturated rings. The third-order valence-corrected chi connectivity index (χ3v) is 2.66. The first-order valence-electron chi connectivity index (χ1n) is 4.71. The molecule has 82 valence electrons. The SMILES string of the molecule is COc1cc(C2(O)COC2)cc(C)c1F. The van der Waals surface area contributed by atoms with Gasteiger partial charge in [0, 0.05) is 0 Å². The molecule has 15 heavy (non-hydrogen) atoms. The Hall–Kier alpha value is -1.13. The third kappa shape index (κ3) is 1.60. The molecule has 1 N–H and O–H groups in total. The van der Waals surface area contributed by atoms with Crippen molar-refractivity contribution in [2.45, 2.75) is 12.5 Å². The molecule has 1 aromatic carbocycles. The number of hydrogen-bond acceptors (Lipinski definition) is 3. The third-order valence-electron chi connectivity index (χ3n) is 2.66. The van der Waals surface area contributed by atoms with Gasteiger partial charge in [0.25, 0.3) is 0 Å². The zero-order valence-corrected chi connectivity index (χ0v) is 8.71. The van der Waals surface area contributed by atoms with Gasteiger partial charge in [0.15, 0.2) is 11.6 Å². The highest BCUT2D eigenvalue weighted by Crippen LogP contribution is 2.33. The van der Waals surface area contributed by atoms with Gasteiger partial charge >= 0.3 is 0 Å². The standard InChI is InChI=1S/C11H13FO3/c1-7-3-8(11(13)5-15-6-11)4-9(14-2)10(7)12/h3-4,13H,5-6H2,1-2H3. The van der Waals surface area contributed by atoms with Crippen molar-refractivity contribution < 1.29 is 19.0 Å². The summed E-state index contributed by atoms with van der Waals surface area (Å²) in [6, 6.07) is 3.14. The molecule has 0 aliphatic carbocycles. The van der Waals surface area contributed by atoms with Gasteiger partial charge in [0.1, 0.15) is 5.60 Å². The summed E-state index contributed by atoms with van der Waals surface area (Å²) in [6.07, 6.45) is 0. The van der Waals surface area contributed by atoms with E-state index in [1.165, 1.54) is 13.2 Å². The van der Waals surface area contributed by atoms with E-state index < -0.39 is 5.60 Å². The van der Waals surface area contributed by atoms with Crippen molar-refractivity contribution in [2.24, 2.45) is 0 Å². The molecule has 0 aromatic heterocycles. The molecule has 1 aliphatic rings. The highest BCUT2D eigenvalue weighted by Gasteiger charge is 2.38. The van der Waals surface area contributed by atoms with Crippen molar-refractivity contribution in [2.75, 3.05) is 20.3 Å². The maximum Gasteiger partial charge on any atom is 0.167 e. The molecule has 3 nitrogen and oxygen atoms in total. The average Bonchev–Trinajstić information content (AvgIpc) is 2.18. The Bertz CT molecular complexity index is 386. The van der Waals surface area contributed by atoms with Crippen LogP contribution in [0.4, 0.5) is 4.39 Å². The Morgan fingerprint density at radius 2 is 2.13 bits per heavy atom. The Kier molecular flexibility index (Phi) is 2.40. The summed E-state index contributed by atoms with van der Waals surface area (Å²) in [5.41, 5.74) is 0.125. The lowest BCUT2D eigenvalue weighted by Crippen LogP contribution is -2.46. The van der Waals surface area contributed by atoms with Crippen LogP contribution in [0.2, 0.25) is 0 Å². The minimum Gasteiger partial charge on any atom is -0.494 e. The van der Waals surface area contributed by atoms with Gasteiger partial charge in [-0.15, -0.1) is 0 Å². The van der Waals surface area contributed by atoms with Gasteiger partial charge in [-0.2, -0.15) is 0 Å². The van der Waals surface area contributed by atoms with E-state index in [2.05, 4.69) is 0 Å². The van der Waals surface area contributed by atoms with E-state index in [0.717, 1.165) is 0 Å². The molecule has 0 unspecified atom stereocenters. The van der Waals surface area contributed by atoms with Crippen LogP contribution in [0.1, 0.15) is 11.1 Å². The van der Waals surface area contributed by atoms with Crippen molar-refractivity contribution >= 4 is 0 Å². The van der Waals surface area contributed by atoms with Crippen molar-refractivity contribution in [3.63, 3.8) is 0 Å². The van der Waals surface area contributed by atoms with Crippen molar-refractivity contribution in [1.29, 1.82) is 0 Å². The van der Waals surface area contributed by atoms with E-state index in [1.807, 2.05) is 0 Å². The second-order valence-electron chi connectivity index (χ2n) is 3.83. The fourth-order valence-corrected chi connectivity index (χ4v) is 1.62. The summed E-state index contributed by atoms with van der Waals surface area (Å²) < 4.78 is 23.3. The normalized spacial score (nSPS) is 18.4. The van der Waals surface area contributed by atoms with E-state index in [9.17, 15) is 9.50 Å². The minimum atomic E-state index is -0.980. The topological polar surface area (TPSA) is 38.7 Å². The first-order valence-corrected chi connectivity index (χ1v) is 4.71. The van der Waals surface area contributed by atoms with Gasteiger partial charge in [-0.1, -0.05) is 0 Å². The lowest BCUT2D eigenvalue weighted by atomic mass is 9.90. The number of methoxy groups -OCH3 is 1. The molecule has 1 aromatic rings. The minimum absolute atomic E-state index is 0.158. The average molecular weight is 212 g/mol. The molecule has 0 bridgehead atoms. The van der Waals surface area contributed by atoms with Gasteiger partial charge in [0.2, 0.25) is 0 Å². The highest BCUT2D eigenvalue weighted by molar-refractivity contribution is 5.39. The predicted octanol–water partition coefficient (Wildman–Crippen LogP) is 1.36. The first-order chi connectivity index (χ1) is 7.07. The van der Waals surface area contributed by atoms with Crippen LogP contribution in [0.25, 0.3) is 0 Å². The number of hydrogen-bond donors (Lipinski definition) is 1. The smallest absolute Gasteiger partial charge is 0.167 e. The Morgan fingerprint density at radius 1 is 1.47 bits per heavy atom. The van der Waals surface area contributed by atoms with E-state index in [0.29, 0.717) is 11.1 Å². The first kappa shape index (κ1) is 10.4. The second-order valence-corrected chi connectivity index (χ2v) is 3.83. The molecule has 0 saturated carbocycles. The second kappa shape index (κ2) is 3.47. The summed E-state index contributed by atoms with van der Waals surface area (Å²) in [6.45, 7) is 2.15. The molecule has 0 radical (unpaired) electrons. The summed E-state index contributed by atoms with van der Waals surface area (Å²) in [4.78, 5) is 0. The maximum absolute atomic E-state index is 13.5. The molecular weight excluding hydrogens is 199 g/mol. The monoisotopic (exact) mass is 212 g/mol. The van der Waals surface area contributed by atoms with Gasteiger partial charge in [0.05, 0.1) is 20.3 Å². The Morgan fingerprint density at radius 3 is 2.60 bits per heavy atom. The summed E-state index contributed by atoms with van der Waals surface area (Å²) in [5, 5.41) is 10.0. The summed E-state index contributed by atoms with van der Waals surface area (Å²) in [5.74, 6) is -0.226. The molecular formula is C11H13FO3. The van der Waals surface area contributed by atoms with Crippen molar-refractivity contribution in [3.05, 3.63) is 29.1 Å². The molecule has 4 heteroatoms. The lowest BCUT2D eigenvalue weighted by Gasteiger charge is -2.37. The van der Waals surface area contributed by atoms with Crippen LogP contribution in [-0.2, 0) is 10.3 Å². The van der Waals surface area contributed by atoms with Gasteiger partial charge in [-0.25, -0.2) is 4.39 Å². The number of aliphatic hydroxyl groups is 1. The summed E-state index contributed by atoms with van der Waals surface area (Å²) >= 11 is 0. The van der Waals surface area contributed by atoms with Crippen molar-refractivity contribution in [3.8, 4) is 5.75 Å². The highest BCUT2D eigenvalue weighted by atomic mass is 19.1. The zero-order chi connectivity index (χ0) is 11.1. The fourth-order valence-electron chi connectivity index (χ4n) is 1.62. The van der Waals surface area contributed by atoms with Crippen LogP contribution in [-0.4, -0.2) is 25.4 Å². The van der Waals surface area contributed by atoms with E-state index in [-0.39, 0.29) is 24.8 Å². The molecule has 0 amide bonds. The zero-order valence-electron chi connectivity index (χ0n) is 8.71. The quantitative estimate of drug-likeness (QED) is 0.804. The largest absolute Gasteiger partial charge is 0.494 e. The van der Waals surface area contributed by atoms with Crippen LogP contribution >= 0.6 is 0 Å². The molecule has 1 saturated heterocycles.